The second-order valence-corrected chi connectivity index (χ2v) is 12.0. The molecule has 0 saturated heterocycles. The van der Waals surface area contributed by atoms with Crippen LogP contribution in [-0.2, 0) is 50.9 Å². The summed E-state index contributed by atoms with van der Waals surface area (Å²) in [6, 6.07) is 6.32. The zero-order chi connectivity index (χ0) is 32.0. The van der Waals surface area contributed by atoms with Crippen molar-refractivity contribution < 1.29 is 42.4 Å². The van der Waals surface area contributed by atoms with Gasteiger partial charge in [0.25, 0.3) is 0 Å². The SMILES string of the molecule is CC[C@H](C)[C@H](NC(=O)Cc1cn(C)c2ccccc12)C(=O)NCCOP(=O)(O)OC[C@@H](COCC[C@@H](C)OC)NC(C)=O. The number of rotatable bonds is 20. The molecule has 242 valence electrons. The molecule has 0 aliphatic heterocycles. The van der Waals surface area contributed by atoms with Gasteiger partial charge in [-0.3, -0.25) is 23.4 Å². The Bertz CT molecular complexity index is 1240. The fraction of sp³-hybridized carbons (Fsp3) is 0.621. The summed E-state index contributed by atoms with van der Waals surface area (Å²) < 4.78 is 35.0. The Labute approximate surface area is 253 Å². The van der Waals surface area contributed by atoms with Crippen LogP contribution in [0.2, 0.25) is 0 Å². The first-order chi connectivity index (χ1) is 20.4. The minimum atomic E-state index is -4.49. The van der Waals surface area contributed by atoms with Crippen LogP contribution in [0, 0.1) is 5.92 Å². The van der Waals surface area contributed by atoms with E-state index in [-0.39, 0.29) is 56.6 Å². The molecule has 0 fully saturated rings. The number of ether oxygens (including phenoxy) is 2. The first-order valence-electron chi connectivity index (χ1n) is 14.5. The van der Waals surface area contributed by atoms with Crippen LogP contribution in [-0.4, -0.2) is 85.5 Å². The number of carbonyl (C=O) groups is 3. The Morgan fingerprint density at radius 2 is 1.79 bits per heavy atom. The summed E-state index contributed by atoms with van der Waals surface area (Å²) in [5.41, 5.74) is 1.87. The standard InChI is InChI=1S/C29H47N4O9P/c1-7-20(2)28(32-27(35)16-23-17-33(5)26-11-9-8-10-25(23)26)29(36)30-13-15-41-43(37,38)42-19-24(31-22(4)34)18-40-14-12-21(3)39-6/h8-11,17,20-21,24,28H,7,12-16,18-19H2,1-6H3,(H,30,36)(H,31,34)(H,32,35)(H,37,38)/t20-,21+,24+,28-/m0/s1. The molecule has 0 radical (unpaired) electrons. The molecule has 0 aliphatic rings. The number of hydrogen-bond donors (Lipinski definition) is 4. The number of benzene rings is 1. The lowest BCUT2D eigenvalue weighted by molar-refractivity contribution is -0.130. The van der Waals surface area contributed by atoms with Gasteiger partial charge in [-0.1, -0.05) is 38.5 Å². The van der Waals surface area contributed by atoms with Crippen LogP contribution in [0.3, 0.4) is 0 Å². The summed E-state index contributed by atoms with van der Waals surface area (Å²) in [5, 5.41) is 9.08. The van der Waals surface area contributed by atoms with Crippen molar-refractivity contribution in [3.05, 3.63) is 36.0 Å². The van der Waals surface area contributed by atoms with Gasteiger partial charge in [-0.25, -0.2) is 4.57 Å². The smallest absolute Gasteiger partial charge is 0.382 e. The van der Waals surface area contributed by atoms with Crippen molar-refractivity contribution in [2.75, 3.05) is 40.1 Å². The molecule has 1 heterocycles. The fourth-order valence-corrected chi connectivity index (χ4v) is 5.11. The van der Waals surface area contributed by atoms with Gasteiger partial charge in [0.2, 0.25) is 17.7 Å². The minimum Gasteiger partial charge on any atom is -0.382 e. The maximum Gasteiger partial charge on any atom is 0.472 e. The molecule has 2 rings (SSSR count). The van der Waals surface area contributed by atoms with E-state index < -0.39 is 25.8 Å². The summed E-state index contributed by atoms with van der Waals surface area (Å²) >= 11 is 0. The lowest BCUT2D eigenvalue weighted by Gasteiger charge is -2.24. The third-order valence-electron chi connectivity index (χ3n) is 7.03. The van der Waals surface area contributed by atoms with Crippen molar-refractivity contribution in [1.82, 2.24) is 20.5 Å². The zero-order valence-electron chi connectivity index (χ0n) is 26.0. The maximum atomic E-state index is 13.0. The number of phosphoric ester groups is 1. The molecular weight excluding hydrogens is 579 g/mol. The molecule has 1 unspecified atom stereocenters. The number of aromatic nitrogens is 1. The molecule has 0 aliphatic carbocycles. The van der Waals surface area contributed by atoms with E-state index in [4.69, 9.17) is 18.5 Å². The molecule has 2 aromatic rings. The van der Waals surface area contributed by atoms with Crippen LogP contribution in [0.4, 0.5) is 0 Å². The van der Waals surface area contributed by atoms with E-state index in [2.05, 4.69) is 16.0 Å². The predicted octanol–water partition coefficient (Wildman–Crippen LogP) is 2.45. The van der Waals surface area contributed by atoms with Gasteiger partial charge >= 0.3 is 7.82 Å². The quantitative estimate of drug-likeness (QED) is 0.128. The van der Waals surface area contributed by atoms with Crippen LogP contribution in [0.1, 0.15) is 46.1 Å². The van der Waals surface area contributed by atoms with E-state index in [9.17, 15) is 23.8 Å². The average molecular weight is 627 g/mol. The van der Waals surface area contributed by atoms with Crippen molar-refractivity contribution in [2.45, 2.75) is 65.1 Å². The van der Waals surface area contributed by atoms with Crippen LogP contribution in [0.15, 0.2) is 30.5 Å². The van der Waals surface area contributed by atoms with Crippen molar-refractivity contribution in [2.24, 2.45) is 13.0 Å². The van der Waals surface area contributed by atoms with Crippen LogP contribution >= 0.6 is 7.82 Å². The third-order valence-corrected chi connectivity index (χ3v) is 8.02. The number of methoxy groups -OCH3 is 1. The highest BCUT2D eigenvalue weighted by Gasteiger charge is 2.27. The Balaban J connectivity index is 1.83. The van der Waals surface area contributed by atoms with Gasteiger partial charge in [0.1, 0.15) is 6.04 Å². The Morgan fingerprint density at radius 1 is 1.07 bits per heavy atom. The minimum absolute atomic E-state index is 0.00814. The number of aryl methyl sites for hydroxylation is 1. The average Bonchev–Trinajstić information content (AvgIpc) is 3.28. The van der Waals surface area contributed by atoms with Crippen LogP contribution in [0.5, 0.6) is 0 Å². The topological polar surface area (TPSA) is 166 Å². The first-order valence-corrected chi connectivity index (χ1v) is 16.0. The summed E-state index contributed by atoms with van der Waals surface area (Å²) in [7, 11) is -0.975. The molecule has 0 saturated carbocycles. The lowest BCUT2D eigenvalue weighted by atomic mass is 9.98. The van der Waals surface area contributed by atoms with Gasteiger partial charge in [0.15, 0.2) is 0 Å². The number of nitrogens with zero attached hydrogens (tertiary/aromatic N) is 1. The largest absolute Gasteiger partial charge is 0.472 e. The molecular formula is C29H47N4O9P. The Hall–Kier alpha value is -2.80. The van der Waals surface area contributed by atoms with E-state index in [1.165, 1.54) is 6.92 Å². The molecule has 5 atom stereocenters. The van der Waals surface area contributed by atoms with Crippen molar-refractivity contribution in [1.29, 1.82) is 0 Å². The van der Waals surface area contributed by atoms with Crippen molar-refractivity contribution in [3.63, 3.8) is 0 Å². The Kier molecular flexibility index (Phi) is 15.3. The molecule has 13 nitrogen and oxygen atoms in total. The third kappa shape index (κ3) is 12.8. The number of carbonyl (C=O) groups excluding carboxylic acids is 3. The van der Waals surface area contributed by atoms with Gasteiger partial charge in [-0.2, -0.15) is 0 Å². The number of para-hydroxylation sites is 1. The maximum absolute atomic E-state index is 13.0. The lowest BCUT2D eigenvalue weighted by Crippen LogP contribution is -2.51. The highest BCUT2D eigenvalue weighted by Crippen LogP contribution is 2.42. The highest BCUT2D eigenvalue weighted by atomic mass is 31.2. The van der Waals surface area contributed by atoms with E-state index in [1.54, 1.807) is 7.11 Å². The first kappa shape index (κ1) is 36.4. The van der Waals surface area contributed by atoms with Gasteiger partial charge in [-0.15, -0.1) is 0 Å². The monoisotopic (exact) mass is 626 g/mol. The number of fused-ring (bicyclic) bond motifs is 1. The highest BCUT2D eigenvalue weighted by molar-refractivity contribution is 7.47. The number of phosphoric acid groups is 1. The van der Waals surface area contributed by atoms with Crippen molar-refractivity contribution >= 4 is 36.4 Å². The molecule has 1 aromatic carbocycles. The summed E-state index contributed by atoms with van der Waals surface area (Å²) in [6.07, 6.45) is 3.32. The molecule has 14 heteroatoms. The normalized spacial score (nSPS) is 15.7. The second kappa shape index (κ2) is 18.1. The van der Waals surface area contributed by atoms with E-state index >= 15 is 0 Å². The van der Waals surface area contributed by atoms with E-state index in [0.717, 1.165) is 16.5 Å². The number of nitrogens with one attached hydrogen (secondary N) is 3. The van der Waals surface area contributed by atoms with Crippen molar-refractivity contribution in [3.8, 4) is 0 Å². The van der Waals surface area contributed by atoms with Gasteiger partial charge in [0.05, 0.1) is 38.4 Å². The van der Waals surface area contributed by atoms with E-state index in [0.29, 0.717) is 19.4 Å². The summed E-state index contributed by atoms with van der Waals surface area (Å²) in [4.78, 5) is 47.5. The second-order valence-electron chi connectivity index (χ2n) is 10.6. The van der Waals surface area contributed by atoms with Crippen LogP contribution in [0.25, 0.3) is 10.9 Å². The van der Waals surface area contributed by atoms with Gasteiger partial charge in [0, 0.05) is 51.3 Å². The van der Waals surface area contributed by atoms with Gasteiger partial charge < -0.3 is 34.9 Å². The molecule has 0 spiro atoms. The zero-order valence-corrected chi connectivity index (χ0v) is 26.9. The van der Waals surface area contributed by atoms with Gasteiger partial charge in [-0.05, 0) is 30.9 Å². The molecule has 43 heavy (non-hydrogen) atoms. The molecule has 3 amide bonds. The van der Waals surface area contributed by atoms with Crippen LogP contribution < -0.4 is 16.0 Å². The number of amides is 3. The molecule has 4 N–H and O–H groups in total. The molecule has 0 bridgehead atoms. The predicted molar refractivity (Wildman–Crippen MR) is 162 cm³/mol. The summed E-state index contributed by atoms with van der Waals surface area (Å²) in [5.74, 6) is -1.22. The fourth-order valence-electron chi connectivity index (χ4n) is 4.34. The number of hydrogen-bond acceptors (Lipinski definition) is 8. The van der Waals surface area contributed by atoms with E-state index in [1.807, 2.05) is 62.8 Å². The molecule has 1 aromatic heterocycles. The summed E-state index contributed by atoms with van der Waals surface area (Å²) in [6.45, 7) is 6.71. The Morgan fingerprint density at radius 3 is 2.47 bits per heavy atom.